The minimum atomic E-state index is -3.22. The lowest BCUT2D eigenvalue weighted by Crippen LogP contribution is -2.33. The third-order valence-electron chi connectivity index (χ3n) is 3.21. The highest BCUT2D eigenvalue weighted by molar-refractivity contribution is 7.88. The second kappa shape index (κ2) is 5.82. The summed E-state index contributed by atoms with van der Waals surface area (Å²) >= 11 is 0. The van der Waals surface area contributed by atoms with Gasteiger partial charge in [0, 0.05) is 20.2 Å². The molecule has 18 heavy (non-hydrogen) atoms. The Morgan fingerprint density at radius 1 is 1.33 bits per heavy atom. The average molecular weight is 269 g/mol. The lowest BCUT2D eigenvalue weighted by Gasteiger charge is -2.20. The Morgan fingerprint density at radius 2 is 2.06 bits per heavy atom. The molecule has 0 N–H and O–H groups in total. The zero-order chi connectivity index (χ0) is 13.0. The standard InChI is InChI=1S/C13H19NO3S/c1-14(9-13-7-8-17-10-13)18(15,16)11-12-5-3-2-4-6-12/h2-6,13H,7-11H2,1H3. The molecule has 1 saturated heterocycles. The Hall–Kier alpha value is -0.910. The zero-order valence-corrected chi connectivity index (χ0v) is 11.4. The van der Waals surface area contributed by atoms with Crippen LogP contribution in [0.1, 0.15) is 12.0 Å². The summed E-state index contributed by atoms with van der Waals surface area (Å²) in [6, 6.07) is 9.27. The van der Waals surface area contributed by atoms with E-state index in [4.69, 9.17) is 4.74 Å². The summed E-state index contributed by atoms with van der Waals surface area (Å²) in [7, 11) is -1.57. The second-order valence-corrected chi connectivity index (χ2v) is 6.83. The number of benzene rings is 1. The smallest absolute Gasteiger partial charge is 0.218 e. The summed E-state index contributed by atoms with van der Waals surface area (Å²) in [4.78, 5) is 0. The van der Waals surface area contributed by atoms with Crippen LogP contribution in [0, 0.1) is 5.92 Å². The zero-order valence-electron chi connectivity index (χ0n) is 10.6. The van der Waals surface area contributed by atoms with Gasteiger partial charge in [0.25, 0.3) is 0 Å². The maximum absolute atomic E-state index is 12.2. The molecule has 100 valence electrons. The number of nitrogens with zero attached hydrogens (tertiary/aromatic N) is 1. The van der Waals surface area contributed by atoms with Crippen molar-refractivity contribution in [2.45, 2.75) is 12.2 Å². The molecule has 1 aromatic carbocycles. The van der Waals surface area contributed by atoms with E-state index in [1.165, 1.54) is 4.31 Å². The highest BCUT2D eigenvalue weighted by atomic mass is 32.2. The van der Waals surface area contributed by atoms with Crippen LogP contribution in [0.3, 0.4) is 0 Å². The number of ether oxygens (including phenoxy) is 1. The van der Waals surface area contributed by atoms with Gasteiger partial charge in [-0.3, -0.25) is 0 Å². The monoisotopic (exact) mass is 269 g/mol. The van der Waals surface area contributed by atoms with E-state index in [1.807, 2.05) is 30.3 Å². The van der Waals surface area contributed by atoms with E-state index in [0.717, 1.165) is 18.6 Å². The van der Waals surface area contributed by atoms with Crippen molar-refractivity contribution < 1.29 is 13.2 Å². The lowest BCUT2D eigenvalue weighted by molar-refractivity contribution is 0.182. The summed E-state index contributed by atoms with van der Waals surface area (Å²) in [5.74, 6) is 0.401. The van der Waals surface area contributed by atoms with Gasteiger partial charge in [0.05, 0.1) is 12.4 Å². The number of hydrogen-bond donors (Lipinski definition) is 0. The van der Waals surface area contributed by atoms with Crippen LogP contribution >= 0.6 is 0 Å². The molecule has 1 aromatic rings. The third-order valence-corrected chi connectivity index (χ3v) is 5.00. The highest BCUT2D eigenvalue weighted by Crippen LogP contribution is 2.16. The van der Waals surface area contributed by atoms with Crippen molar-refractivity contribution in [1.29, 1.82) is 0 Å². The van der Waals surface area contributed by atoms with Crippen molar-refractivity contribution in [3.05, 3.63) is 35.9 Å². The number of hydrogen-bond acceptors (Lipinski definition) is 3. The van der Waals surface area contributed by atoms with Crippen molar-refractivity contribution in [2.24, 2.45) is 5.92 Å². The Labute approximate surface area is 109 Å². The van der Waals surface area contributed by atoms with Crippen LogP contribution in [0.25, 0.3) is 0 Å². The second-order valence-electron chi connectivity index (χ2n) is 4.75. The van der Waals surface area contributed by atoms with Crippen LogP contribution in [0.15, 0.2) is 30.3 Å². The van der Waals surface area contributed by atoms with Crippen LogP contribution in [0.5, 0.6) is 0 Å². The first-order chi connectivity index (χ1) is 8.58. The van der Waals surface area contributed by atoms with Crippen LogP contribution in [0.2, 0.25) is 0 Å². The summed E-state index contributed by atoms with van der Waals surface area (Å²) in [5, 5.41) is 0. The van der Waals surface area contributed by atoms with Gasteiger partial charge in [-0.1, -0.05) is 30.3 Å². The molecule has 1 aliphatic rings. The Kier molecular flexibility index (Phi) is 4.37. The molecule has 1 fully saturated rings. The fourth-order valence-corrected chi connectivity index (χ4v) is 3.37. The molecule has 0 aliphatic carbocycles. The minimum Gasteiger partial charge on any atom is -0.381 e. The van der Waals surface area contributed by atoms with Gasteiger partial charge in [-0.25, -0.2) is 12.7 Å². The van der Waals surface area contributed by atoms with Gasteiger partial charge < -0.3 is 4.74 Å². The SMILES string of the molecule is CN(CC1CCOC1)S(=O)(=O)Cc1ccccc1. The van der Waals surface area contributed by atoms with Gasteiger partial charge in [0.1, 0.15) is 0 Å². The normalized spacial score (nSPS) is 20.4. The van der Waals surface area contributed by atoms with E-state index in [-0.39, 0.29) is 5.75 Å². The van der Waals surface area contributed by atoms with Crippen molar-refractivity contribution in [2.75, 3.05) is 26.8 Å². The highest BCUT2D eigenvalue weighted by Gasteiger charge is 2.24. The van der Waals surface area contributed by atoms with Crippen LogP contribution in [0.4, 0.5) is 0 Å². The lowest BCUT2D eigenvalue weighted by atomic mass is 10.1. The first-order valence-electron chi connectivity index (χ1n) is 6.13. The van der Waals surface area contributed by atoms with Crippen LogP contribution in [-0.2, 0) is 20.5 Å². The van der Waals surface area contributed by atoms with E-state index < -0.39 is 10.0 Å². The Balaban J connectivity index is 1.97. The fourth-order valence-electron chi connectivity index (χ4n) is 2.10. The van der Waals surface area contributed by atoms with Crippen LogP contribution < -0.4 is 0 Å². The summed E-state index contributed by atoms with van der Waals surface area (Å²) in [6.45, 7) is 1.97. The fraction of sp³-hybridized carbons (Fsp3) is 0.538. The molecule has 0 radical (unpaired) electrons. The average Bonchev–Trinajstić information content (AvgIpc) is 2.82. The molecule has 1 unspecified atom stereocenters. The molecule has 5 heteroatoms. The topological polar surface area (TPSA) is 46.6 Å². The van der Waals surface area contributed by atoms with E-state index in [2.05, 4.69) is 0 Å². The van der Waals surface area contributed by atoms with Crippen LogP contribution in [-0.4, -0.2) is 39.5 Å². The van der Waals surface area contributed by atoms with Crippen molar-refractivity contribution in [1.82, 2.24) is 4.31 Å². The quantitative estimate of drug-likeness (QED) is 0.813. The van der Waals surface area contributed by atoms with E-state index in [1.54, 1.807) is 7.05 Å². The molecule has 1 heterocycles. The van der Waals surface area contributed by atoms with Crippen molar-refractivity contribution >= 4 is 10.0 Å². The Morgan fingerprint density at radius 3 is 2.67 bits per heavy atom. The molecule has 2 rings (SSSR count). The predicted octanol–water partition coefficient (Wildman–Crippen LogP) is 1.48. The Bertz CT molecular complexity index is 466. The summed E-state index contributed by atoms with van der Waals surface area (Å²) in [5.41, 5.74) is 0.826. The predicted molar refractivity (Wildman–Crippen MR) is 70.6 cm³/mol. The van der Waals surface area contributed by atoms with Crippen molar-refractivity contribution in [3.63, 3.8) is 0 Å². The van der Waals surface area contributed by atoms with E-state index in [9.17, 15) is 8.42 Å². The molecule has 0 saturated carbocycles. The van der Waals surface area contributed by atoms with E-state index >= 15 is 0 Å². The van der Waals surface area contributed by atoms with Gasteiger partial charge in [-0.15, -0.1) is 0 Å². The molecule has 0 spiro atoms. The summed E-state index contributed by atoms with van der Waals surface area (Å²) in [6.07, 6.45) is 0.950. The molecule has 1 atom stereocenters. The third kappa shape index (κ3) is 3.54. The van der Waals surface area contributed by atoms with Gasteiger partial charge in [-0.2, -0.15) is 0 Å². The molecular formula is C13H19NO3S. The van der Waals surface area contributed by atoms with Gasteiger partial charge in [0.15, 0.2) is 0 Å². The molecule has 0 bridgehead atoms. The van der Waals surface area contributed by atoms with Gasteiger partial charge in [-0.05, 0) is 17.9 Å². The molecule has 0 amide bonds. The summed E-state index contributed by atoms with van der Waals surface area (Å²) < 4.78 is 31.1. The first kappa shape index (κ1) is 13.5. The van der Waals surface area contributed by atoms with Gasteiger partial charge >= 0.3 is 0 Å². The number of sulfonamides is 1. The largest absolute Gasteiger partial charge is 0.381 e. The first-order valence-corrected chi connectivity index (χ1v) is 7.74. The molecule has 0 aromatic heterocycles. The van der Waals surface area contributed by atoms with E-state index in [0.29, 0.717) is 19.1 Å². The maximum atomic E-state index is 12.2. The maximum Gasteiger partial charge on any atom is 0.218 e. The molecule has 4 nitrogen and oxygen atoms in total. The van der Waals surface area contributed by atoms with Crippen molar-refractivity contribution in [3.8, 4) is 0 Å². The molecular weight excluding hydrogens is 250 g/mol. The number of rotatable bonds is 5. The minimum absolute atomic E-state index is 0.0674. The van der Waals surface area contributed by atoms with Gasteiger partial charge in [0.2, 0.25) is 10.0 Å². The molecule has 1 aliphatic heterocycles.